The van der Waals surface area contributed by atoms with E-state index < -0.39 is 6.04 Å². The van der Waals surface area contributed by atoms with Crippen LogP contribution in [0.25, 0.3) is 0 Å². The molecule has 116 valence electrons. The molecule has 1 aliphatic rings. The molecule has 0 saturated heterocycles. The third-order valence-electron chi connectivity index (χ3n) is 4.21. The van der Waals surface area contributed by atoms with E-state index in [4.69, 9.17) is 0 Å². The maximum atomic E-state index is 12.5. The third kappa shape index (κ3) is 3.46. The first kappa shape index (κ1) is 15.6. The van der Waals surface area contributed by atoms with Crippen LogP contribution in [0, 0.1) is 5.92 Å². The van der Waals surface area contributed by atoms with Crippen molar-refractivity contribution in [3.05, 3.63) is 24.0 Å². The average molecular weight is 291 g/mol. The van der Waals surface area contributed by atoms with E-state index in [0.717, 1.165) is 12.8 Å². The van der Waals surface area contributed by atoms with Gasteiger partial charge in [0.05, 0.1) is 0 Å². The molecule has 1 atom stereocenters. The molecule has 0 aromatic carbocycles. The Labute approximate surface area is 126 Å². The van der Waals surface area contributed by atoms with E-state index in [9.17, 15) is 9.59 Å². The van der Waals surface area contributed by atoms with Gasteiger partial charge in [-0.15, -0.1) is 0 Å². The van der Waals surface area contributed by atoms with Crippen molar-refractivity contribution in [1.29, 1.82) is 0 Å². The summed E-state index contributed by atoms with van der Waals surface area (Å²) in [5.41, 5.74) is 0.649. The lowest BCUT2D eigenvalue weighted by Crippen LogP contribution is -2.49. The SMILES string of the molecule is CNC(=O)C(NC(=O)c1cccn1C1CCCC1)C(C)C. The van der Waals surface area contributed by atoms with Crippen LogP contribution in [0.4, 0.5) is 0 Å². The summed E-state index contributed by atoms with van der Waals surface area (Å²) in [6.45, 7) is 3.85. The number of amides is 2. The molecule has 0 bridgehead atoms. The Hall–Kier alpha value is -1.78. The molecule has 1 aliphatic carbocycles. The van der Waals surface area contributed by atoms with Crippen molar-refractivity contribution in [2.24, 2.45) is 5.92 Å². The highest BCUT2D eigenvalue weighted by Crippen LogP contribution is 2.30. The number of carbonyl (C=O) groups excluding carboxylic acids is 2. The number of aromatic nitrogens is 1. The first-order chi connectivity index (χ1) is 10.0. The van der Waals surface area contributed by atoms with Gasteiger partial charge in [-0.25, -0.2) is 0 Å². The molecule has 5 heteroatoms. The van der Waals surface area contributed by atoms with Crippen molar-refractivity contribution >= 4 is 11.8 Å². The van der Waals surface area contributed by atoms with Gasteiger partial charge in [-0.2, -0.15) is 0 Å². The summed E-state index contributed by atoms with van der Waals surface area (Å²) >= 11 is 0. The van der Waals surface area contributed by atoms with Crippen molar-refractivity contribution in [3.8, 4) is 0 Å². The van der Waals surface area contributed by atoms with Crippen LogP contribution in [-0.4, -0.2) is 29.5 Å². The number of rotatable bonds is 5. The highest BCUT2D eigenvalue weighted by Gasteiger charge is 2.26. The number of hydrogen-bond acceptors (Lipinski definition) is 2. The van der Waals surface area contributed by atoms with Crippen molar-refractivity contribution in [1.82, 2.24) is 15.2 Å². The second kappa shape index (κ2) is 6.78. The first-order valence-corrected chi connectivity index (χ1v) is 7.74. The van der Waals surface area contributed by atoms with Crippen molar-refractivity contribution in [2.75, 3.05) is 7.05 Å². The van der Waals surface area contributed by atoms with Gasteiger partial charge in [0.25, 0.3) is 5.91 Å². The Kier molecular flexibility index (Phi) is 5.04. The minimum absolute atomic E-state index is 0.0452. The molecular weight excluding hydrogens is 266 g/mol. The monoisotopic (exact) mass is 291 g/mol. The summed E-state index contributed by atoms with van der Waals surface area (Å²) in [5, 5.41) is 5.47. The van der Waals surface area contributed by atoms with Gasteiger partial charge in [-0.1, -0.05) is 26.7 Å². The fraction of sp³-hybridized carbons (Fsp3) is 0.625. The van der Waals surface area contributed by atoms with E-state index in [-0.39, 0.29) is 17.7 Å². The summed E-state index contributed by atoms with van der Waals surface area (Å²) in [4.78, 5) is 24.4. The third-order valence-corrected chi connectivity index (χ3v) is 4.21. The van der Waals surface area contributed by atoms with Crippen molar-refractivity contribution < 1.29 is 9.59 Å². The van der Waals surface area contributed by atoms with Crippen LogP contribution in [0.1, 0.15) is 56.1 Å². The van der Waals surface area contributed by atoms with Crippen LogP contribution in [-0.2, 0) is 4.79 Å². The maximum absolute atomic E-state index is 12.5. The van der Waals surface area contributed by atoms with Crippen LogP contribution in [0.5, 0.6) is 0 Å². The topological polar surface area (TPSA) is 63.1 Å². The molecule has 1 aromatic rings. The van der Waals surface area contributed by atoms with Gasteiger partial charge in [0, 0.05) is 19.3 Å². The smallest absolute Gasteiger partial charge is 0.268 e. The minimum atomic E-state index is -0.505. The second-order valence-electron chi connectivity index (χ2n) is 6.05. The molecule has 2 rings (SSSR count). The minimum Gasteiger partial charge on any atom is -0.357 e. The van der Waals surface area contributed by atoms with Gasteiger partial charge in [-0.3, -0.25) is 9.59 Å². The zero-order valence-electron chi connectivity index (χ0n) is 13.1. The Bertz CT molecular complexity index is 501. The Morgan fingerprint density at radius 1 is 1.29 bits per heavy atom. The van der Waals surface area contributed by atoms with E-state index in [0.29, 0.717) is 11.7 Å². The zero-order valence-corrected chi connectivity index (χ0v) is 13.1. The highest BCUT2D eigenvalue weighted by molar-refractivity contribution is 5.96. The van der Waals surface area contributed by atoms with Gasteiger partial charge in [0.15, 0.2) is 0 Å². The molecule has 1 saturated carbocycles. The van der Waals surface area contributed by atoms with Crippen molar-refractivity contribution in [3.63, 3.8) is 0 Å². The molecular formula is C16H25N3O2. The summed E-state index contributed by atoms with van der Waals surface area (Å²) in [7, 11) is 1.59. The van der Waals surface area contributed by atoms with Gasteiger partial charge < -0.3 is 15.2 Å². The molecule has 1 heterocycles. The molecule has 0 radical (unpaired) electrons. The molecule has 0 spiro atoms. The molecule has 2 N–H and O–H groups in total. The Morgan fingerprint density at radius 2 is 1.95 bits per heavy atom. The zero-order chi connectivity index (χ0) is 15.4. The van der Waals surface area contributed by atoms with E-state index >= 15 is 0 Å². The Balaban J connectivity index is 2.12. The summed E-state index contributed by atoms with van der Waals surface area (Å²) < 4.78 is 2.06. The average Bonchev–Trinajstić information content (AvgIpc) is 3.12. The van der Waals surface area contributed by atoms with Crippen LogP contribution < -0.4 is 10.6 Å². The largest absolute Gasteiger partial charge is 0.357 e. The van der Waals surface area contributed by atoms with Crippen LogP contribution in [0.15, 0.2) is 18.3 Å². The molecule has 1 aromatic heterocycles. The number of carbonyl (C=O) groups is 2. The molecule has 1 unspecified atom stereocenters. The highest BCUT2D eigenvalue weighted by atomic mass is 16.2. The fourth-order valence-corrected chi connectivity index (χ4v) is 2.99. The standard InChI is InChI=1S/C16H25N3O2/c1-11(2)14(16(21)17-3)18-15(20)13-9-6-10-19(13)12-7-4-5-8-12/h6,9-12,14H,4-5,7-8H2,1-3H3,(H,17,21)(H,18,20). The quantitative estimate of drug-likeness (QED) is 0.872. The van der Waals surface area contributed by atoms with Crippen molar-refractivity contribution in [2.45, 2.75) is 51.6 Å². The van der Waals surface area contributed by atoms with E-state index in [1.807, 2.05) is 32.2 Å². The lowest BCUT2D eigenvalue weighted by Gasteiger charge is -2.22. The second-order valence-corrected chi connectivity index (χ2v) is 6.05. The predicted molar refractivity (Wildman–Crippen MR) is 82.1 cm³/mol. The molecule has 21 heavy (non-hydrogen) atoms. The number of nitrogens with one attached hydrogen (secondary N) is 2. The molecule has 5 nitrogen and oxygen atoms in total. The van der Waals surface area contributed by atoms with E-state index in [1.165, 1.54) is 12.8 Å². The molecule has 2 amide bonds. The normalized spacial score (nSPS) is 17.0. The van der Waals surface area contributed by atoms with Gasteiger partial charge in [-0.05, 0) is 30.9 Å². The van der Waals surface area contributed by atoms with Crippen LogP contribution in [0.3, 0.4) is 0 Å². The summed E-state index contributed by atoms with van der Waals surface area (Å²) in [5.74, 6) is -0.282. The lowest BCUT2D eigenvalue weighted by molar-refractivity contribution is -0.123. The molecule has 1 fully saturated rings. The van der Waals surface area contributed by atoms with Gasteiger partial charge >= 0.3 is 0 Å². The summed E-state index contributed by atoms with van der Waals surface area (Å²) in [6.07, 6.45) is 6.65. The summed E-state index contributed by atoms with van der Waals surface area (Å²) in [6, 6.07) is 3.64. The first-order valence-electron chi connectivity index (χ1n) is 7.74. The van der Waals surface area contributed by atoms with Crippen LogP contribution >= 0.6 is 0 Å². The predicted octanol–water partition coefficient (Wildman–Crippen LogP) is 2.10. The number of likely N-dealkylation sites (N-methyl/N-ethyl adjacent to an activating group) is 1. The fourth-order valence-electron chi connectivity index (χ4n) is 2.99. The van der Waals surface area contributed by atoms with Crippen LogP contribution in [0.2, 0.25) is 0 Å². The number of hydrogen-bond donors (Lipinski definition) is 2. The maximum Gasteiger partial charge on any atom is 0.268 e. The van der Waals surface area contributed by atoms with Gasteiger partial charge in [0.2, 0.25) is 5.91 Å². The van der Waals surface area contributed by atoms with Gasteiger partial charge in [0.1, 0.15) is 11.7 Å². The lowest BCUT2D eigenvalue weighted by atomic mass is 10.0. The number of nitrogens with zero attached hydrogens (tertiary/aromatic N) is 1. The van der Waals surface area contributed by atoms with E-state index in [2.05, 4.69) is 15.2 Å². The Morgan fingerprint density at radius 3 is 2.52 bits per heavy atom. The molecule has 0 aliphatic heterocycles. The van der Waals surface area contributed by atoms with E-state index in [1.54, 1.807) is 7.05 Å².